The molecule has 0 saturated carbocycles. The molecular formula is C17H34N2O4. The first kappa shape index (κ1) is 20.5. The number of rotatable bonds is 13. The van der Waals surface area contributed by atoms with Gasteiger partial charge in [-0.15, -0.1) is 0 Å². The molecule has 0 bridgehead atoms. The predicted molar refractivity (Wildman–Crippen MR) is 90.9 cm³/mol. The lowest BCUT2D eigenvalue weighted by molar-refractivity contribution is -0.123. The highest BCUT2D eigenvalue weighted by Crippen LogP contribution is 2.04. The number of carbonyl (C=O) groups is 1. The molecule has 0 spiro atoms. The molecule has 0 aliphatic carbocycles. The van der Waals surface area contributed by atoms with Gasteiger partial charge in [0.15, 0.2) is 0 Å². The first-order valence-electron chi connectivity index (χ1n) is 8.84. The summed E-state index contributed by atoms with van der Waals surface area (Å²) < 4.78 is 16.2. The van der Waals surface area contributed by atoms with Crippen molar-refractivity contribution in [1.29, 1.82) is 0 Å². The number of ketones is 1. The molecule has 0 aromatic carbocycles. The Labute approximate surface area is 141 Å². The number of piperazine rings is 1. The van der Waals surface area contributed by atoms with Crippen molar-refractivity contribution < 1.29 is 19.0 Å². The van der Waals surface area contributed by atoms with E-state index in [4.69, 9.17) is 14.2 Å². The Morgan fingerprint density at radius 1 is 0.870 bits per heavy atom. The molecule has 6 nitrogen and oxygen atoms in total. The number of ether oxygens (including phenoxy) is 3. The number of carbonyl (C=O) groups excluding carboxylic acids is 1. The van der Waals surface area contributed by atoms with Gasteiger partial charge in [0.1, 0.15) is 5.78 Å². The number of hydrogen-bond donors (Lipinski definition) is 0. The van der Waals surface area contributed by atoms with E-state index in [1.165, 1.54) is 0 Å². The van der Waals surface area contributed by atoms with Crippen molar-refractivity contribution in [3.8, 4) is 0 Å². The van der Waals surface area contributed by atoms with Crippen LogP contribution >= 0.6 is 0 Å². The van der Waals surface area contributed by atoms with Crippen LogP contribution in [-0.2, 0) is 19.0 Å². The van der Waals surface area contributed by atoms with E-state index in [9.17, 15) is 4.79 Å². The molecule has 1 heterocycles. The summed E-state index contributed by atoms with van der Waals surface area (Å²) in [5.74, 6) is 0.475. The molecule has 0 N–H and O–H groups in total. The summed E-state index contributed by atoms with van der Waals surface area (Å²) in [5.41, 5.74) is 0. The molecule has 6 heteroatoms. The first-order valence-corrected chi connectivity index (χ1v) is 8.84. The molecule has 0 radical (unpaired) electrons. The van der Waals surface area contributed by atoms with Crippen LogP contribution in [0.4, 0.5) is 0 Å². The second kappa shape index (κ2) is 12.8. The molecule has 1 rings (SSSR count). The number of Topliss-reactive ketones (excluding diaryl/α,β-unsaturated/α-hetero) is 1. The molecule has 0 amide bonds. The maximum absolute atomic E-state index is 11.8. The third-order valence-corrected chi connectivity index (χ3v) is 3.99. The van der Waals surface area contributed by atoms with Crippen molar-refractivity contribution in [2.24, 2.45) is 5.92 Å². The molecule has 1 aliphatic rings. The monoisotopic (exact) mass is 330 g/mol. The maximum Gasteiger partial charge on any atom is 0.149 e. The largest absolute Gasteiger partial charge is 0.379 e. The predicted octanol–water partition coefficient (Wildman–Crippen LogP) is 0.899. The smallest absolute Gasteiger partial charge is 0.149 e. The van der Waals surface area contributed by atoms with Gasteiger partial charge in [-0.25, -0.2) is 0 Å². The fraction of sp³-hybridized carbons (Fsp3) is 0.941. The second-order valence-corrected chi connectivity index (χ2v) is 6.16. The normalized spacial score (nSPS) is 17.0. The van der Waals surface area contributed by atoms with Crippen LogP contribution in [0.5, 0.6) is 0 Å². The second-order valence-electron chi connectivity index (χ2n) is 6.16. The van der Waals surface area contributed by atoms with Crippen LogP contribution in [0.25, 0.3) is 0 Å². The summed E-state index contributed by atoms with van der Waals surface area (Å²) in [7, 11) is 0. The van der Waals surface area contributed by atoms with Crippen molar-refractivity contribution in [1.82, 2.24) is 9.80 Å². The first-order chi connectivity index (χ1) is 11.1. The third kappa shape index (κ3) is 10.0. The molecule has 1 fully saturated rings. The Hall–Kier alpha value is -0.530. The molecule has 0 atom stereocenters. The van der Waals surface area contributed by atoms with E-state index < -0.39 is 0 Å². The zero-order valence-corrected chi connectivity index (χ0v) is 15.1. The zero-order valence-electron chi connectivity index (χ0n) is 15.1. The summed E-state index contributed by atoms with van der Waals surface area (Å²) in [6.45, 7) is 15.4. The van der Waals surface area contributed by atoms with E-state index in [-0.39, 0.29) is 5.92 Å². The Balaban J connectivity index is 1.93. The Kier molecular flexibility index (Phi) is 11.5. The van der Waals surface area contributed by atoms with Crippen LogP contribution < -0.4 is 0 Å². The number of nitrogens with zero attached hydrogens (tertiary/aromatic N) is 2. The van der Waals surface area contributed by atoms with Crippen molar-refractivity contribution in [2.45, 2.75) is 20.8 Å². The van der Waals surface area contributed by atoms with Gasteiger partial charge in [0.25, 0.3) is 0 Å². The summed E-state index contributed by atoms with van der Waals surface area (Å²) in [4.78, 5) is 16.4. The molecule has 0 unspecified atom stereocenters. The van der Waals surface area contributed by atoms with Crippen molar-refractivity contribution in [3.05, 3.63) is 0 Å². The van der Waals surface area contributed by atoms with Crippen LogP contribution in [-0.4, -0.2) is 94.5 Å². The summed E-state index contributed by atoms with van der Waals surface area (Å²) in [5, 5.41) is 0. The van der Waals surface area contributed by atoms with E-state index >= 15 is 0 Å². The Morgan fingerprint density at radius 3 is 1.96 bits per heavy atom. The van der Waals surface area contributed by atoms with Gasteiger partial charge >= 0.3 is 0 Å². The average molecular weight is 330 g/mol. The highest BCUT2D eigenvalue weighted by atomic mass is 16.5. The maximum atomic E-state index is 11.8. The average Bonchev–Trinajstić information content (AvgIpc) is 2.54. The van der Waals surface area contributed by atoms with E-state index in [0.29, 0.717) is 38.8 Å². The zero-order chi connectivity index (χ0) is 16.9. The molecule has 1 saturated heterocycles. The third-order valence-electron chi connectivity index (χ3n) is 3.99. The van der Waals surface area contributed by atoms with Gasteiger partial charge in [-0.2, -0.15) is 0 Å². The van der Waals surface area contributed by atoms with Crippen LogP contribution in [0.2, 0.25) is 0 Å². The summed E-state index contributed by atoms with van der Waals surface area (Å²) >= 11 is 0. The van der Waals surface area contributed by atoms with Crippen molar-refractivity contribution >= 4 is 5.78 Å². The van der Waals surface area contributed by atoms with Crippen LogP contribution in [0, 0.1) is 5.92 Å². The standard InChI is InChI=1S/C17H34N2O4/c1-4-21-11-12-23-14-13-22-10-9-18-5-7-19(8-6-18)15-17(20)16(2)3/h16H,4-15H2,1-3H3. The lowest BCUT2D eigenvalue weighted by Gasteiger charge is -2.34. The minimum absolute atomic E-state index is 0.136. The van der Waals surface area contributed by atoms with Gasteiger partial charge in [-0.3, -0.25) is 14.6 Å². The minimum atomic E-state index is 0.136. The van der Waals surface area contributed by atoms with Crippen LogP contribution in [0.1, 0.15) is 20.8 Å². The van der Waals surface area contributed by atoms with Gasteiger partial charge in [0.2, 0.25) is 0 Å². The topological polar surface area (TPSA) is 51.2 Å². The molecular weight excluding hydrogens is 296 g/mol. The van der Waals surface area contributed by atoms with Gasteiger partial charge in [0, 0.05) is 45.2 Å². The molecule has 0 aromatic heterocycles. The fourth-order valence-electron chi connectivity index (χ4n) is 2.35. The van der Waals surface area contributed by atoms with Crippen molar-refractivity contribution in [3.63, 3.8) is 0 Å². The van der Waals surface area contributed by atoms with Gasteiger partial charge < -0.3 is 14.2 Å². The lowest BCUT2D eigenvalue weighted by atomic mass is 10.1. The fourth-order valence-corrected chi connectivity index (χ4v) is 2.35. The van der Waals surface area contributed by atoms with Crippen molar-refractivity contribution in [2.75, 3.05) is 78.9 Å². The SMILES string of the molecule is CCOCCOCCOCCN1CCN(CC(=O)C(C)C)CC1. The van der Waals surface area contributed by atoms with Gasteiger partial charge in [-0.05, 0) is 6.92 Å². The Morgan fingerprint density at radius 2 is 1.39 bits per heavy atom. The summed E-state index contributed by atoms with van der Waals surface area (Å²) in [6.07, 6.45) is 0. The van der Waals surface area contributed by atoms with E-state index in [0.717, 1.165) is 45.9 Å². The van der Waals surface area contributed by atoms with E-state index in [2.05, 4.69) is 9.80 Å². The molecule has 23 heavy (non-hydrogen) atoms. The van der Waals surface area contributed by atoms with Gasteiger partial charge in [0.05, 0.1) is 39.6 Å². The Bertz CT molecular complexity index is 305. The molecule has 1 aliphatic heterocycles. The quantitative estimate of drug-likeness (QED) is 0.468. The highest BCUT2D eigenvalue weighted by Gasteiger charge is 2.19. The van der Waals surface area contributed by atoms with Crippen LogP contribution in [0.15, 0.2) is 0 Å². The van der Waals surface area contributed by atoms with Gasteiger partial charge in [-0.1, -0.05) is 13.8 Å². The number of hydrogen-bond acceptors (Lipinski definition) is 6. The minimum Gasteiger partial charge on any atom is -0.379 e. The lowest BCUT2D eigenvalue weighted by Crippen LogP contribution is -2.49. The summed E-state index contributed by atoms with van der Waals surface area (Å²) in [6, 6.07) is 0. The highest BCUT2D eigenvalue weighted by molar-refractivity contribution is 5.82. The van der Waals surface area contributed by atoms with E-state index in [1.54, 1.807) is 0 Å². The molecule has 136 valence electrons. The van der Waals surface area contributed by atoms with E-state index in [1.807, 2.05) is 20.8 Å². The van der Waals surface area contributed by atoms with Crippen LogP contribution in [0.3, 0.4) is 0 Å². The molecule has 0 aromatic rings.